The zero-order valence-corrected chi connectivity index (χ0v) is 8.53. The molecule has 1 aromatic carbocycles. The van der Waals surface area contributed by atoms with Crippen LogP contribution in [-0.4, -0.2) is 11.8 Å². The predicted octanol–water partition coefficient (Wildman–Crippen LogP) is 2.78. The van der Waals surface area contributed by atoms with E-state index < -0.39 is 0 Å². The molecule has 0 bridgehead atoms. The zero-order chi connectivity index (χ0) is 8.97. The maximum Gasteiger partial charge on any atom is 0.0406 e. The Labute approximate surface area is 82.3 Å². The standard InChI is InChI=1S/C9H12ClNS/c1-7(6-11)12-9-4-2-8(10)3-5-9/h2-5,7H,6,11H2,1H3/t7-/m0/s1. The van der Waals surface area contributed by atoms with E-state index >= 15 is 0 Å². The summed E-state index contributed by atoms with van der Waals surface area (Å²) in [4.78, 5) is 1.22. The Morgan fingerprint density at radius 1 is 1.42 bits per heavy atom. The van der Waals surface area contributed by atoms with Crippen LogP contribution in [0.3, 0.4) is 0 Å². The largest absolute Gasteiger partial charge is 0.329 e. The van der Waals surface area contributed by atoms with Gasteiger partial charge < -0.3 is 5.73 Å². The van der Waals surface area contributed by atoms with Crippen molar-refractivity contribution in [1.82, 2.24) is 0 Å². The summed E-state index contributed by atoms with van der Waals surface area (Å²) in [5.41, 5.74) is 5.50. The molecular formula is C9H12ClNS. The van der Waals surface area contributed by atoms with E-state index in [9.17, 15) is 0 Å². The Hall–Kier alpha value is -0.180. The van der Waals surface area contributed by atoms with Crippen molar-refractivity contribution >= 4 is 23.4 Å². The smallest absolute Gasteiger partial charge is 0.0406 e. The van der Waals surface area contributed by atoms with Crippen LogP contribution in [0, 0.1) is 0 Å². The van der Waals surface area contributed by atoms with E-state index in [1.54, 1.807) is 11.8 Å². The van der Waals surface area contributed by atoms with Gasteiger partial charge in [-0.1, -0.05) is 18.5 Å². The number of halogens is 1. The Balaban J connectivity index is 2.58. The van der Waals surface area contributed by atoms with Gasteiger partial charge in [0.25, 0.3) is 0 Å². The summed E-state index contributed by atoms with van der Waals surface area (Å²) in [6.07, 6.45) is 0. The summed E-state index contributed by atoms with van der Waals surface area (Å²) in [7, 11) is 0. The van der Waals surface area contributed by atoms with Gasteiger partial charge in [0.05, 0.1) is 0 Å². The van der Waals surface area contributed by atoms with E-state index in [1.807, 2.05) is 24.3 Å². The van der Waals surface area contributed by atoms with Crippen molar-refractivity contribution < 1.29 is 0 Å². The van der Waals surface area contributed by atoms with Gasteiger partial charge in [0.2, 0.25) is 0 Å². The number of hydrogen-bond acceptors (Lipinski definition) is 2. The topological polar surface area (TPSA) is 26.0 Å². The van der Waals surface area contributed by atoms with Gasteiger partial charge in [-0.3, -0.25) is 0 Å². The van der Waals surface area contributed by atoms with Crippen molar-refractivity contribution in [3.8, 4) is 0 Å². The van der Waals surface area contributed by atoms with Crippen molar-refractivity contribution in [2.24, 2.45) is 5.73 Å². The van der Waals surface area contributed by atoms with Crippen molar-refractivity contribution in [3.63, 3.8) is 0 Å². The lowest BCUT2D eigenvalue weighted by atomic mass is 10.4. The maximum atomic E-state index is 5.75. The molecule has 0 saturated carbocycles. The second-order valence-electron chi connectivity index (χ2n) is 2.62. The molecule has 0 aliphatic heterocycles. The third-order valence-electron chi connectivity index (χ3n) is 1.48. The SMILES string of the molecule is C[C@@H](CN)Sc1ccc(Cl)cc1. The molecule has 0 aliphatic rings. The minimum Gasteiger partial charge on any atom is -0.329 e. The van der Waals surface area contributed by atoms with Gasteiger partial charge in [-0.2, -0.15) is 0 Å². The molecular weight excluding hydrogens is 190 g/mol. The minimum atomic E-state index is 0.464. The minimum absolute atomic E-state index is 0.464. The van der Waals surface area contributed by atoms with Crippen LogP contribution in [0.4, 0.5) is 0 Å². The van der Waals surface area contributed by atoms with E-state index in [-0.39, 0.29) is 0 Å². The Morgan fingerprint density at radius 2 is 2.00 bits per heavy atom. The summed E-state index contributed by atoms with van der Waals surface area (Å²) in [5, 5.41) is 1.24. The number of hydrogen-bond donors (Lipinski definition) is 1. The number of thioether (sulfide) groups is 1. The summed E-state index contributed by atoms with van der Waals surface area (Å²) in [6.45, 7) is 2.81. The average Bonchev–Trinajstić information content (AvgIpc) is 2.09. The molecule has 1 nitrogen and oxygen atoms in total. The predicted molar refractivity (Wildman–Crippen MR) is 55.8 cm³/mol. The molecule has 0 spiro atoms. The first-order valence-corrected chi connectivity index (χ1v) is 5.10. The molecule has 0 unspecified atom stereocenters. The highest BCUT2D eigenvalue weighted by atomic mass is 35.5. The first kappa shape index (κ1) is 9.90. The van der Waals surface area contributed by atoms with Crippen molar-refractivity contribution in [2.45, 2.75) is 17.1 Å². The highest BCUT2D eigenvalue weighted by Crippen LogP contribution is 2.23. The van der Waals surface area contributed by atoms with E-state index in [0.29, 0.717) is 11.8 Å². The summed E-state index contributed by atoms with van der Waals surface area (Å²) >= 11 is 7.52. The third kappa shape index (κ3) is 3.05. The van der Waals surface area contributed by atoms with Gasteiger partial charge in [0.15, 0.2) is 0 Å². The number of rotatable bonds is 3. The van der Waals surface area contributed by atoms with Gasteiger partial charge in [-0.25, -0.2) is 0 Å². The summed E-state index contributed by atoms with van der Waals surface area (Å²) in [6, 6.07) is 7.82. The van der Waals surface area contributed by atoms with Crippen molar-refractivity contribution in [1.29, 1.82) is 0 Å². The first-order valence-electron chi connectivity index (χ1n) is 3.84. The molecule has 1 atom stereocenters. The quantitative estimate of drug-likeness (QED) is 0.762. The normalized spacial score (nSPS) is 12.9. The molecule has 2 N–H and O–H groups in total. The molecule has 0 fully saturated rings. The fourth-order valence-electron chi connectivity index (χ4n) is 0.794. The van der Waals surface area contributed by atoms with Gasteiger partial charge >= 0.3 is 0 Å². The molecule has 0 heterocycles. The number of benzene rings is 1. The van der Waals surface area contributed by atoms with Crippen LogP contribution in [-0.2, 0) is 0 Å². The van der Waals surface area contributed by atoms with Gasteiger partial charge in [0, 0.05) is 21.7 Å². The third-order valence-corrected chi connectivity index (χ3v) is 2.87. The zero-order valence-electron chi connectivity index (χ0n) is 6.96. The highest BCUT2D eigenvalue weighted by Gasteiger charge is 2.00. The van der Waals surface area contributed by atoms with Gasteiger partial charge in [0.1, 0.15) is 0 Å². The lowest BCUT2D eigenvalue weighted by molar-refractivity contribution is 0.951. The summed E-state index contributed by atoms with van der Waals surface area (Å²) < 4.78 is 0. The second-order valence-corrected chi connectivity index (χ2v) is 4.57. The summed E-state index contributed by atoms with van der Waals surface area (Å²) in [5.74, 6) is 0. The fourth-order valence-corrected chi connectivity index (χ4v) is 1.77. The second kappa shape index (κ2) is 4.75. The molecule has 0 radical (unpaired) electrons. The molecule has 0 amide bonds. The van der Waals surface area contributed by atoms with Crippen LogP contribution in [0.15, 0.2) is 29.2 Å². The lowest BCUT2D eigenvalue weighted by Crippen LogP contribution is -2.11. The first-order chi connectivity index (χ1) is 5.72. The molecule has 66 valence electrons. The van der Waals surface area contributed by atoms with Crippen LogP contribution in [0.25, 0.3) is 0 Å². The van der Waals surface area contributed by atoms with E-state index in [1.165, 1.54) is 4.90 Å². The molecule has 1 rings (SSSR count). The van der Waals surface area contributed by atoms with Crippen LogP contribution >= 0.6 is 23.4 Å². The molecule has 0 saturated heterocycles. The lowest BCUT2D eigenvalue weighted by Gasteiger charge is -2.07. The Bertz CT molecular complexity index is 235. The number of nitrogens with two attached hydrogens (primary N) is 1. The molecule has 12 heavy (non-hydrogen) atoms. The fraction of sp³-hybridized carbons (Fsp3) is 0.333. The monoisotopic (exact) mass is 201 g/mol. The Kier molecular flexibility index (Phi) is 3.92. The van der Waals surface area contributed by atoms with Gasteiger partial charge in [-0.05, 0) is 24.3 Å². The van der Waals surface area contributed by atoms with Crippen LogP contribution in [0.2, 0.25) is 5.02 Å². The molecule has 1 aromatic rings. The van der Waals surface area contributed by atoms with Crippen molar-refractivity contribution in [3.05, 3.63) is 29.3 Å². The van der Waals surface area contributed by atoms with Crippen LogP contribution in [0.5, 0.6) is 0 Å². The molecule has 0 aliphatic carbocycles. The highest BCUT2D eigenvalue weighted by molar-refractivity contribution is 8.00. The maximum absolute atomic E-state index is 5.75. The molecule has 3 heteroatoms. The Morgan fingerprint density at radius 3 is 2.50 bits per heavy atom. The van der Waals surface area contributed by atoms with E-state index in [4.69, 9.17) is 17.3 Å². The van der Waals surface area contributed by atoms with E-state index in [2.05, 4.69) is 6.92 Å². The molecule has 0 aromatic heterocycles. The van der Waals surface area contributed by atoms with Crippen LogP contribution in [0.1, 0.15) is 6.92 Å². The van der Waals surface area contributed by atoms with Gasteiger partial charge in [-0.15, -0.1) is 11.8 Å². The van der Waals surface area contributed by atoms with E-state index in [0.717, 1.165) is 5.02 Å². The van der Waals surface area contributed by atoms with Crippen molar-refractivity contribution in [2.75, 3.05) is 6.54 Å². The average molecular weight is 202 g/mol. The van der Waals surface area contributed by atoms with Crippen LogP contribution < -0.4 is 5.73 Å².